The lowest BCUT2D eigenvalue weighted by molar-refractivity contribution is 0.0780. The van der Waals surface area contributed by atoms with Gasteiger partial charge in [-0.05, 0) is 57.4 Å². The van der Waals surface area contributed by atoms with E-state index < -0.39 is 0 Å². The molecule has 160 valence electrons. The van der Waals surface area contributed by atoms with E-state index in [1.807, 2.05) is 24.3 Å². The predicted octanol–water partition coefficient (Wildman–Crippen LogP) is 5.42. The van der Waals surface area contributed by atoms with Gasteiger partial charge in [0.15, 0.2) is 0 Å². The third-order valence-electron chi connectivity index (χ3n) is 7.25. The van der Waals surface area contributed by atoms with Gasteiger partial charge >= 0.3 is 0 Å². The smallest absolute Gasteiger partial charge is 0.253 e. The molecule has 2 fully saturated rings. The van der Waals surface area contributed by atoms with Crippen LogP contribution in [0.5, 0.6) is 0 Å². The van der Waals surface area contributed by atoms with Crippen molar-refractivity contribution < 1.29 is 4.79 Å². The van der Waals surface area contributed by atoms with Gasteiger partial charge < -0.3 is 9.80 Å². The standard InChI is InChI=1S/C27H36N2O/c1-20-9-13-22(14-10-20)26-19-29(27(30)23-15-11-21(2)12-16-23)18-24(26)17-28(3)25-7-5-4-6-8-25/h9-16,24-26H,4-8,17-19H2,1-3H3/t24-,26-/m1/s1. The number of rotatable bonds is 5. The van der Waals surface area contributed by atoms with Gasteiger partial charge in [0.05, 0.1) is 0 Å². The Labute approximate surface area is 182 Å². The molecule has 1 saturated heterocycles. The second-order valence-electron chi connectivity index (χ2n) is 9.58. The normalized spacial score (nSPS) is 22.6. The van der Waals surface area contributed by atoms with E-state index >= 15 is 0 Å². The molecule has 1 saturated carbocycles. The van der Waals surface area contributed by atoms with Crippen molar-refractivity contribution >= 4 is 5.91 Å². The first-order valence-electron chi connectivity index (χ1n) is 11.6. The third-order valence-corrected chi connectivity index (χ3v) is 7.25. The maximum Gasteiger partial charge on any atom is 0.253 e. The second kappa shape index (κ2) is 9.34. The summed E-state index contributed by atoms with van der Waals surface area (Å²) in [6, 6.07) is 17.7. The quantitative estimate of drug-likeness (QED) is 0.664. The molecule has 0 radical (unpaired) electrons. The molecule has 2 aliphatic rings. The van der Waals surface area contributed by atoms with Crippen LogP contribution in [0, 0.1) is 19.8 Å². The molecule has 30 heavy (non-hydrogen) atoms. The van der Waals surface area contributed by atoms with Crippen molar-refractivity contribution in [3.8, 4) is 0 Å². The Hall–Kier alpha value is -2.13. The lowest BCUT2D eigenvalue weighted by atomic mass is 9.87. The average Bonchev–Trinajstić information content (AvgIpc) is 3.18. The monoisotopic (exact) mass is 404 g/mol. The molecule has 0 unspecified atom stereocenters. The molecular weight excluding hydrogens is 368 g/mol. The molecule has 1 aliphatic heterocycles. The number of amides is 1. The summed E-state index contributed by atoms with van der Waals surface area (Å²) >= 11 is 0. The number of benzene rings is 2. The molecular formula is C27H36N2O. The number of carbonyl (C=O) groups excluding carboxylic acids is 1. The highest BCUT2D eigenvalue weighted by Crippen LogP contribution is 2.35. The van der Waals surface area contributed by atoms with Gasteiger partial charge in [-0.1, -0.05) is 66.8 Å². The maximum absolute atomic E-state index is 13.2. The number of hydrogen-bond donors (Lipinski definition) is 0. The van der Waals surface area contributed by atoms with Gasteiger partial charge in [0.25, 0.3) is 5.91 Å². The zero-order valence-electron chi connectivity index (χ0n) is 18.8. The largest absolute Gasteiger partial charge is 0.338 e. The minimum atomic E-state index is 0.176. The first-order chi connectivity index (χ1) is 14.5. The fraction of sp³-hybridized carbons (Fsp3) is 0.519. The molecule has 0 N–H and O–H groups in total. The Morgan fingerprint density at radius 2 is 1.50 bits per heavy atom. The van der Waals surface area contributed by atoms with Crippen molar-refractivity contribution in [2.24, 2.45) is 5.92 Å². The summed E-state index contributed by atoms with van der Waals surface area (Å²) in [6.45, 7) is 6.94. The lowest BCUT2D eigenvalue weighted by Crippen LogP contribution is -2.38. The zero-order chi connectivity index (χ0) is 21.1. The van der Waals surface area contributed by atoms with Crippen LogP contribution in [-0.2, 0) is 0 Å². The first kappa shape index (κ1) is 21.1. The van der Waals surface area contributed by atoms with Crippen molar-refractivity contribution in [3.05, 3.63) is 70.8 Å². The Morgan fingerprint density at radius 1 is 0.900 bits per heavy atom. The van der Waals surface area contributed by atoms with Crippen LogP contribution in [0.15, 0.2) is 48.5 Å². The molecule has 0 bridgehead atoms. The average molecular weight is 405 g/mol. The van der Waals surface area contributed by atoms with Crippen LogP contribution < -0.4 is 0 Å². The van der Waals surface area contributed by atoms with Crippen LogP contribution in [0.25, 0.3) is 0 Å². The molecule has 4 rings (SSSR count). The van der Waals surface area contributed by atoms with Crippen molar-refractivity contribution in [3.63, 3.8) is 0 Å². The van der Waals surface area contributed by atoms with Gasteiger partial charge in [0, 0.05) is 37.2 Å². The zero-order valence-corrected chi connectivity index (χ0v) is 18.8. The lowest BCUT2D eigenvalue weighted by Gasteiger charge is -2.34. The van der Waals surface area contributed by atoms with Crippen LogP contribution in [0.2, 0.25) is 0 Å². The molecule has 2 atom stereocenters. The first-order valence-corrected chi connectivity index (χ1v) is 11.6. The van der Waals surface area contributed by atoms with Crippen LogP contribution in [0.1, 0.15) is 65.1 Å². The molecule has 2 aromatic carbocycles. The molecule has 0 aromatic heterocycles. The van der Waals surface area contributed by atoms with E-state index in [4.69, 9.17) is 0 Å². The summed E-state index contributed by atoms with van der Waals surface area (Å²) in [5.41, 5.74) is 4.67. The van der Waals surface area contributed by atoms with E-state index in [0.29, 0.717) is 17.9 Å². The van der Waals surface area contributed by atoms with Gasteiger partial charge in [-0.3, -0.25) is 4.79 Å². The van der Waals surface area contributed by atoms with Crippen LogP contribution in [-0.4, -0.2) is 48.4 Å². The van der Waals surface area contributed by atoms with Crippen LogP contribution >= 0.6 is 0 Å². The van der Waals surface area contributed by atoms with E-state index in [1.165, 1.54) is 48.8 Å². The second-order valence-corrected chi connectivity index (χ2v) is 9.58. The summed E-state index contributed by atoms with van der Waals surface area (Å²) in [6.07, 6.45) is 6.76. The van der Waals surface area contributed by atoms with Gasteiger partial charge in [-0.2, -0.15) is 0 Å². The van der Waals surface area contributed by atoms with Crippen LogP contribution in [0.4, 0.5) is 0 Å². The number of hydrogen-bond acceptors (Lipinski definition) is 2. The highest BCUT2D eigenvalue weighted by Gasteiger charge is 2.37. The number of likely N-dealkylation sites (tertiary alicyclic amines) is 1. The van der Waals surface area contributed by atoms with Crippen molar-refractivity contribution in [1.82, 2.24) is 9.80 Å². The highest BCUT2D eigenvalue weighted by molar-refractivity contribution is 5.94. The summed E-state index contributed by atoms with van der Waals surface area (Å²) in [5.74, 6) is 1.06. The molecule has 2 aromatic rings. The fourth-order valence-corrected chi connectivity index (χ4v) is 5.33. The third kappa shape index (κ3) is 4.78. The molecule has 1 amide bonds. The van der Waals surface area contributed by atoms with E-state index in [9.17, 15) is 4.79 Å². The van der Waals surface area contributed by atoms with Gasteiger partial charge in [0.1, 0.15) is 0 Å². The summed E-state index contributed by atoms with van der Waals surface area (Å²) < 4.78 is 0. The highest BCUT2D eigenvalue weighted by atomic mass is 16.2. The Kier molecular flexibility index (Phi) is 6.58. The predicted molar refractivity (Wildman–Crippen MR) is 124 cm³/mol. The van der Waals surface area contributed by atoms with Gasteiger partial charge in [-0.15, -0.1) is 0 Å². The molecule has 1 aliphatic carbocycles. The summed E-state index contributed by atoms with van der Waals surface area (Å²) in [5, 5.41) is 0. The van der Waals surface area contributed by atoms with Crippen molar-refractivity contribution in [1.29, 1.82) is 0 Å². The summed E-state index contributed by atoms with van der Waals surface area (Å²) in [7, 11) is 2.30. The van der Waals surface area contributed by atoms with E-state index in [-0.39, 0.29) is 5.91 Å². The Morgan fingerprint density at radius 3 is 2.13 bits per heavy atom. The van der Waals surface area contributed by atoms with Gasteiger partial charge in [-0.25, -0.2) is 0 Å². The molecule has 3 nitrogen and oxygen atoms in total. The minimum Gasteiger partial charge on any atom is -0.338 e. The number of aryl methyl sites for hydroxylation is 2. The molecule has 1 heterocycles. The van der Waals surface area contributed by atoms with E-state index in [1.54, 1.807) is 0 Å². The Bertz CT molecular complexity index is 836. The van der Waals surface area contributed by atoms with Crippen molar-refractivity contribution in [2.45, 2.75) is 57.9 Å². The molecule has 0 spiro atoms. The maximum atomic E-state index is 13.2. The van der Waals surface area contributed by atoms with Gasteiger partial charge in [0.2, 0.25) is 0 Å². The fourth-order valence-electron chi connectivity index (χ4n) is 5.33. The van der Waals surface area contributed by atoms with Crippen LogP contribution in [0.3, 0.4) is 0 Å². The van der Waals surface area contributed by atoms with Crippen molar-refractivity contribution in [2.75, 3.05) is 26.7 Å². The Balaban J connectivity index is 1.52. The van der Waals surface area contributed by atoms with E-state index in [0.717, 1.165) is 25.2 Å². The number of nitrogens with zero attached hydrogens (tertiary/aromatic N) is 2. The topological polar surface area (TPSA) is 23.6 Å². The SMILES string of the molecule is Cc1ccc(C(=O)N2C[C@@H](CN(C)C3CCCCC3)[C@@H](c3ccc(C)cc3)C2)cc1. The van der Waals surface area contributed by atoms with E-state index in [2.05, 4.69) is 55.0 Å². The summed E-state index contributed by atoms with van der Waals surface area (Å²) in [4.78, 5) is 17.9. The number of carbonyl (C=O) groups is 1. The molecule has 3 heteroatoms. The minimum absolute atomic E-state index is 0.176.